The molecule has 0 N–H and O–H groups in total. The molecule has 0 spiro atoms. The second-order valence-corrected chi connectivity index (χ2v) is 7.53. The molecular weight excluding hydrogens is 324 g/mol. The summed E-state index contributed by atoms with van der Waals surface area (Å²) in [5.41, 5.74) is 0. The Kier molecular flexibility index (Phi) is 17.9. The minimum Gasteiger partial charge on any atom is -0.465 e. The Balaban J connectivity index is 3.29. The van der Waals surface area contributed by atoms with E-state index in [1.807, 2.05) is 0 Å². The van der Waals surface area contributed by atoms with Gasteiger partial charge in [0.15, 0.2) is 0 Å². The molecule has 0 rings (SSSR count). The highest BCUT2D eigenvalue weighted by Crippen LogP contribution is 2.10. The second kappa shape index (κ2) is 18.7. The maximum Gasteiger partial charge on any atom is 0.305 e. The zero-order chi connectivity index (χ0) is 19.5. The van der Waals surface area contributed by atoms with Crippen LogP contribution >= 0.6 is 0 Å². The van der Waals surface area contributed by atoms with Gasteiger partial charge in [0.2, 0.25) is 0 Å². The van der Waals surface area contributed by atoms with Gasteiger partial charge in [-0.2, -0.15) is 0 Å². The van der Waals surface area contributed by atoms with Gasteiger partial charge in [-0.25, -0.2) is 0 Å². The first kappa shape index (κ1) is 24.9. The summed E-state index contributed by atoms with van der Waals surface area (Å²) in [6.07, 6.45) is 21.4. The fourth-order valence-electron chi connectivity index (χ4n) is 2.75. The zero-order valence-corrected chi connectivity index (χ0v) is 17.6. The largest absolute Gasteiger partial charge is 0.465 e. The van der Waals surface area contributed by atoms with Gasteiger partial charge in [-0.15, -0.1) is 0 Å². The van der Waals surface area contributed by atoms with Gasteiger partial charge >= 0.3 is 5.97 Å². The van der Waals surface area contributed by atoms with E-state index in [1.54, 1.807) is 6.92 Å². The molecule has 0 aromatic heterocycles. The van der Waals surface area contributed by atoms with E-state index in [9.17, 15) is 9.59 Å². The lowest BCUT2D eigenvalue weighted by Gasteiger charge is -2.08. The number of ether oxygens (including phenoxy) is 1. The van der Waals surface area contributed by atoms with E-state index in [4.69, 9.17) is 4.74 Å². The Morgan fingerprint density at radius 2 is 1.31 bits per heavy atom. The van der Waals surface area contributed by atoms with Crippen molar-refractivity contribution in [1.82, 2.24) is 0 Å². The van der Waals surface area contributed by atoms with Crippen LogP contribution in [0.4, 0.5) is 0 Å². The van der Waals surface area contributed by atoms with Gasteiger partial charge in [0.25, 0.3) is 0 Å². The maximum absolute atomic E-state index is 11.6. The molecule has 3 heteroatoms. The molecular formula is C23H42O3. The minimum atomic E-state index is -0.187. The van der Waals surface area contributed by atoms with Crippen molar-refractivity contribution < 1.29 is 14.3 Å². The molecule has 1 atom stereocenters. The predicted molar refractivity (Wildman–Crippen MR) is 110 cm³/mol. The van der Waals surface area contributed by atoms with Crippen LogP contribution in [0.2, 0.25) is 0 Å². The number of ketones is 1. The van der Waals surface area contributed by atoms with Crippen LogP contribution in [0.15, 0.2) is 12.2 Å². The van der Waals surface area contributed by atoms with Crippen LogP contribution < -0.4 is 0 Å². The van der Waals surface area contributed by atoms with E-state index in [0.717, 1.165) is 12.8 Å². The van der Waals surface area contributed by atoms with Gasteiger partial charge in [0, 0.05) is 12.3 Å². The average Bonchev–Trinajstić information content (AvgIpc) is 2.62. The number of rotatable bonds is 18. The molecule has 0 bridgehead atoms. The summed E-state index contributed by atoms with van der Waals surface area (Å²) in [5.74, 6) is -0.289. The van der Waals surface area contributed by atoms with Gasteiger partial charge < -0.3 is 4.74 Å². The average molecular weight is 367 g/mol. The van der Waals surface area contributed by atoms with E-state index < -0.39 is 0 Å². The fraction of sp³-hybridized carbons (Fsp3) is 0.826. The minimum absolute atomic E-state index is 0.0684. The van der Waals surface area contributed by atoms with Crippen molar-refractivity contribution >= 4 is 11.8 Å². The molecule has 0 radical (unpaired) electrons. The molecule has 0 fully saturated rings. The lowest BCUT2D eigenvalue weighted by atomic mass is 10.1. The first-order valence-corrected chi connectivity index (χ1v) is 10.9. The van der Waals surface area contributed by atoms with Crippen molar-refractivity contribution in [1.29, 1.82) is 0 Å². The molecule has 3 nitrogen and oxygen atoms in total. The van der Waals surface area contributed by atoms with Crippen LogP contribution in [0, 0.1) is 5.92 Å². The Morgan fingerprint density at radius 3 is 1.85 bits per heavy atom. The van der Waals surface area contributed by atoms with Crippen molar-refractivity contribution in [3.05, 3.63) is 12.2 Å². The highest BCUT2D eigenvalue weighted by Gasteiger charge is 2.10. The first-order valence-electron chi connectivity index (χ1n) is 10.9. The van der Waals surface area contributed by atoms with Crippen LogP contribution in [0.3, 0.4) is 0 Å². The molecule has 0 saturated carbocycles. The summed E-state index contributed by atoms with van der Waals surface area (Å²) < 4.78 is 5.12. The first-order chi connectivity index (χ1) is 12.6. The Hall–Kier alpha value is -1.12. The third-order valence-electron chi connectivity index (χ3n) is 4.83. The number of Topliss-reactive ketones (excluding diaryl/α,β-unsaturated/α-hetero) is 1. The number of esters is 1. The molecule has 1 unspecified atom stereocenters. The van der Waals surface area contributed by atoms with Crippen molar-refractivity contribution in [3.63, 3.8) is 0 Å². The molecule has 0 amide bonds. The summed E-state index contributed by atoms with van der Waals surface area (Å²) >= 11 is 0. The van der Waals surface area contributed by atoms with E-state index in [0.29, 0.717) is 6.42 Å². The summed E-state index contributed by atoms with van der Waals surface area (Å²) in [4.78, 5) is 22.6. The standard InChI is InChI=1S/C23H42O3/c1-4-5-6-7-8-9-10-11-12-13-14-15-16-17-18-19-23(25)26-20-21(2)22(3)24/h11-12,21H,4-10,13-20H2,1-3H3/b12-11-. The van der Waals surface area contributed by atoms with Crippen LogP contribution in [0.25, 0.3) is 0 Å². The molecule has 26 heavy (non-hydrogen) atoms. The van der Waals surface area contributed by atoms with Crippen LogP contribution in [-0.4, -0.2) is 18.4 Å². The molecule has 0 heterocycles. The van der Waals surface area contributed by atoms with Gasteiger partial charge in [-0.05, 0) is 39.0 Å². The SMILES string of the molecule is CCCCCCCC/C=C\CCCCCCCC(=O)OCC(C)C(C)=O. The predicted octanol–water partition coefficient (Wildman–Crippen LogP) is 6.79. The van der Waals surface area contributed by atoms with E-state index >= 15 is 0 Å². The fourth-order valence-corrected chi connectivity index (χ4v) is 2.75. The Labute approximate surface area is 162 Å². The summed E-state index contributed by atoms with van der Waals surface area (Å²) in [5, 5.41) is 0. The number of hydrogen-bond donors (Lipinski definition) is 0. The molecule has 0 aliphatic carbocycles. The summed E-state index contributed by atoms with van der Waals surface area (Å²) in [6.45, 7) is 5.80. The lowest BCUT2D eigenvalue weighted by molar-refractivity contribution is -0.145. The molecule has 0 aromatic rings. The van der Waals surface area contributed by atoms with Crippen LogP contribution in [0.1, 0.15) is 111 Å². The smallest absolute Gasteiger partial charge is 0.305 e. The number of unbranched alkanes of at least 4 members (excludes halogenated alkanes) is 11. The van der Waals surface area contributed by atoms with Crippen molar-refractivity contribution in [3.8, 4) is 0 Å². The molecule has 0 saturated heterocycles. The monoisotopic (exact) mass is 366 g/mol. The molecule has 0 aromatic carbocycles. The number of carbonyl (C=O) groups excluding carboxylic acids is 2. The Bertz CT molecular complexity index is 374. The van der Waals surface area contributed by atoms with Crippen LogP contribution in [-0.2, 0) is 14.3 Å². The highest BCUT2D eigenvalue weighted by molar-refractivity contribution is 5.78. The van der Waals surface area contributed by atoms with E-state index in [2.05, 4.69) is 19.1 Å². The Morgan fingerprint density at radius 1 is 0.808 bits per heavy atom. The highest BCUT2D eigenvalue weighted by atomic mass is 16.5. The summed E-state index contributed by atoms with van der Waals surface area (Å²) in [7, 11) is 0. The quantitative estimate of drug-likeness (QED) is 0.152. The van der Waals surface area contributed by atoms with Crippen molar-refractivity contribution in [2.24, 2.45) is 5.92 Å². The number of hydrogen-bond acceptors (Lipinski definition) is 3. The molecule has 0 aliphatic heterocycles. The third-order valence-corrected chi connectivity index (χ3v) is 4.83. The third kappa shape index (κ3) is 17.7. The molecule has 152 valence electrons. The number of allylic oxidation sites excluding steroid dienone is 2. The zero-order valence-electron chi connectivity index (χ0n) is 17.6. The van der Waals surface area contributed by atoms with Crippen LogP contribution in [0.5, 0.6) is 0 Å². The normalized spacial score (nSPS) is 12.4. The number of carbonyl (C=O) groups is 2. The maximum atomic E-state index is 11.6. The van der Waals surface area contributed by atoms with Crippen molar-refractivity contribution in [2.75, 3.05) is 6.61 Å². The van der Waals surface area contributed by atoms with E-state index in [-0.39, 0.29) is 24.3 Å². The van der Waals surface area contributed by atoms with Gasteiger partial charge in [-0.1, -0.05) is 77.4 Å². The van der Waals surface area contributed by atoms with E-state index in [1.165, 1.54) is 77.6 Å². The van der Waals surface area contributed by atoms with Gasteiger partial charge in [0.05, 0.1) is 0 Å². The lowest BCUT2D eigenvalue weighted by Crippen LogP contribution is -2.17. The topological polar surface area (TPSA) is 43.4 Å². The second-order valence-electron chi connectivity index (χ2n) is 7.53. The molecule has 0 aliphatic rings. The summed E-state index contributed by atoms with van der Waals surface area (Å²) in [6, 6.07) is 0. The van der Waals surface area contributed by atoms with Gasteiger partial charge in [0.1, 0.15) is 12.4 Å². The van der Waals surface area contributed by atoms with Crippen molar-refractivity contribution in [2.45, 2.75) is 111 Å². The van der Waals surface area contributed by atoms with Gasteiger partial charge in [-0.3, -0.25) is 9.59 Å².